The van der Waals surface area contributed by atoms with Gasteiger partial charge in [0.15, 0.2) is 0 Å². The summed E-state index contributed by atoms with van der Waals surface area (Å²) in [5.41, 5.74) is 2.51. The maximum absolute atomic E-state index is 11.9. The summed E-state index contributed by atoms with van der Waals surface area (Å²) in [6, 6.07) is 11.0. The lowest BCUT2D eigenvalue weighted by atomic mass is 10.1. The molecule has 0 spiro atoms. The third-order valence-corrected chi connectivity index (χ3v) is 3.65. The van der Waals surface area contributed by atoms with E-state index in [9.17, 15) is 9.59 Å². The van der Waals surface area contributed by atoms with Gasteiger partial charge in [0.05, 0.1) is 13.0 Å². The first-order valence-corrected chi connectivity index (χ1v) is 7.70. The van der Waals surface area contributed by atoms with E-state index in [0.29, 0.717) is 18.1 Å². The van der Waals surface area contributed by atoms with E-state index >= 15 is 0 Å². The number of halogens is 1. The number of aliphatic carboxylic acids is 1. The Morgan fingerprint density at radius 3 is 2.48 bits per heavy atom. The van der Waals surface area contributed by atoms with Crippen molar-refractivity contribution in [1.82, 2.24) is 4.57 Å². The SMILES string of the molecule is CCOC(=O)Cn1c(CCC(=O)O)ccc1-c1ccc(Cl)cc1. The monoisotopic (exact) mass is 335 g/mol. The zero-order valence-corrected chi connectivity index (χ0v) is 13.5. The molecular weight excluding hydrogens is 318 g/mol. The first-order chi connectivity index (χ1) is 11.0. The Morgan fingerprint density at radius 1 is 1.17 bits per heavy atom. The third kappa shape index (κ3) is 4.60. The largest absolute Gasteiger partial charge is 0.481 e. The minimum absolute atomic E-state index is 0.00684. The van der Waals surface area contributed by atoms with Crippen molar-refractivity contribution in [1.29, 1.82) is 0 Å². The Bertz CT molecular complexity index is 691. The highest BCUT2D eigenvalue weighted by molar-refractivity contribution is 6.30. The number of esters is 1. The van der Waals surface area contributed by atoms with Crippen LogP contribution in [0.15, 0.2) is 36.4 Å². The van der Waals surface area contributed by atoms with Crippen LogP contribution in [0, 0.1) is 0 Å². The molecule has 0 saturated heterocycles. The Kier molecular flexibility index (Phi) is 5.82. The van der Waals surface area contributed by atoms with E-state index in [1.807, 2.05) is 24.3 Å². The number of aryl methyl sites for hydroxylation is 1. The molecule has 23 heavy (non-hydrogen) atoms. The molecule has 0 amide bonds. The molecule has 122 valence electrons. The molecule has 0 aliphatic carbocycles. The highest BCUT2D eigenvalue weighted by Crippen LogP contribution is 2.25. The number of rotatable bonds is 7. The quantitative estimate of drug-likeness (QED) is 0.787. The summed E-state index contributed by atoms with van der Waals surface area (Å²) in [4.78, 5) is 22.7. The minimum Gasteiger partial charge on any atom is -0.481 e. The first-order valence-electron chi connectivity index (χ1n) is 7.33. The summed E-state index contributed by atoms with van der Waals surface area (Å²) in [6.07, 6.45) is 0.356. The molecule has 0 bridgehead atoms. The number of carbonyl (C=O) groups is 2. The van der Waals surface area contributed by atoms with Gasteiger partial charge < -0.3 is 14.4 Å². The van der Waals surface area contributed by atoms with Gasteiger partial charge >= 0.3 is 11.9 Å². The number of carbonyl (C=O) groups excluding carboxylic acids is 1. The van der Waals surface area contributed by atoms with Gasteiger partial charge in [-0.15, -0.1) is 0 Å². The Labute approximate surface area is 139 Å². The maximum Gasteiger partial charge on any atom is 0.325 e. The van der Waals surface area contributed by atoms with Crippen LogP contribution in [0.2, 0.25) is 5.02 Å². The molecule has 0 aliphatic rings. The second-order valence-electron chi connectivity index (χ2n) is 5.00. The van der Waals surface area contributed by atoms with Gasteiger partial charge in [-0.1, -0.05) is 23.7 Å². The summed E-state index contributed by atoms with van der Waals surface area (Å²) >= 11 is 5.91. The van der Waals surface area contributed by atoms with Crippen LogP contribution < -0.4 is 0 Å². The van der Waals surface area contributed by atoms with Crippen LogP contribution in [0.5, 0.6) is 0 Å². The van der Waals surface area contributed by atoms with Gasteiger partial charge in [0.2, 0.25) is 0 Å². The van der Waals surface area contributed by atoms with Crippen LogP contribution >= 0.6 is 11.6 Å². The predicted molar refractivity (Wildman–Crippen MR) is 87.5 cm³/mol. The van der Waals surface area contributed by atoms with Gasteiger partial charge in [-0.3, -0.25) is 9.59 Å². The van der Waals surface area contributed by atoms with E-state index in [1.165, 1.54) is 0 Å². The topological polar surface area (TPSA) is 68.5 Å². The number of aromatic nitrogens is 1. The van der Waals surface area contributed by atoms with Crippen molar-refractivity contribution in [2.75, 3.05) is 6.61 Å². The number of hydrogen-bond acceptors (Lipinski definition) is 3. The van der Waals surface area contributed by atoms with Crippen molar-refractivity contribution in [2.45, 2.75) is 26.3 Å². The maximum atomic E-state index is 11.9. The molecule has 2 rings (SSSR count). The number of benzene rings is 1. The highest BCUT2D eigenvalue weighted by atomic mass is 35.5. The number of ether oxygens (including phenoxy) is 1. The molecule has 0 aliphatic heterocycles. The summed E-state index contributed by atoms with van der Waals surface area (Å²) in [5, 5.41) is 9.50. The molecule has 1 N–H and O–H groups in total. The Hall–Kier alpha value is -2.27. The average Bonchev–Trinajstić information content (AvgIpc) is 2.89. The minimum atomic E-state index is -0.873. The van der Waals surface area contributed by atoms with E-state index in [0.717, 1.165) is 17.0 Å². The van der Waals surface area contributed by atoms with E-state index in [2.05, 4.69) is 0 Å². The predicted octanol–water partition coefficient (Wildman–Crippen LogP) is 3.39. The van der Waals surface area contributed by atoms with E-state index in [-0.39, 0.29) is 18.9 Å². The Morgan fingerprint density at radius 2 is 1.87 bits per heavy atom. The summed E-state index contributed by atoms with van der Waals surface area (Å²) in [6.45, 7) is 2.10. The molecule has 1 aromatic carbocycles. The molecule has 1 aromatic heterocycles. The summed E-state index contributed by atoms with van der Waals surface area (Å²) < 4.78 is 6.80. The zero-order chi connectivity index (χ0) is 16.8. The van der Waals surface area contributed by atoms with Gasteiger partial charge in [0.25, 0.3) is 0 Å². The van der Waals surface area contributed by atoms with Gasteiger partial charge in [-0.2, -0.15) is 0 Å². The standard InChI is InChI=1S/C17H18ClNO4/c1-2-23-17(22)11-19-14(8-10-16(20)21)7-9-15(19)12-3-5-13(18)6-4-12/h3-7,9H,2,8,10-11H2,1H3,(H,20,21). The van der Waals surface area contributed by atoms with Crippen molar-refractivity contribution in [3.05, 3.63) is 47.1 Å². The molecule has 1 heterocycles. The fourth-order valence-electron chi connectivity index (χ4n) is 2.36. The van der Waals surface area contributed by atoms with Gasteiger partial charge in [-0.25, -0.2) is 0 Å². The van der Waals surface area contributed by atoms with Crippen molar-refractivity contribution in [3.8, 4) is 11.3 Å². The van der Waals surface area contributed by atoms with E-state index < -0.39 is 5.97 Å². The molecule has 0 fully saturated rings. The number of nitrogens with zero attached hydrogens (tertiary/aromatic N) is 1. The molecular formula is C17H18ClNO4. The van der Waals surface area contributed by atoms with Crippen LogP contribution in [0.4, 0.5) is 0 Å². The van der Waals surface area contributed by atoms with E-state index in [4.69, 9.17) is 21.4 Å². The van der Waals surface area contributed by atoms with Crippen LogP contribution in [-0.2, 0) is 27.3 Å². The number of carboxylic acid groups (broad SMARTS) is 1. The molecule has 2 aromatic rings. The average molecular weight is 336 g/mol. The number of carboxylic acids is 1. The molecule has 6 heteroatoms. The van der Waals surface area contributed by atoms with Gasteiger partial charge in [0.1, 0.15) is 6.54 Å². The van der Waals surface area contributed by atoms with Crippen molar-refractivity contribution in [2.24, 2.45) is 0 Å². The lowest BCUT2D eigenvalue weighted by molar-refractivity contribution is -0.143. The molecule has 5 nitrogen and oxygen atoms in total. The number of hydrogen-bond donors (Lipinski definition) is 1. The lowest BCUT2D eigenvalue weighted by Crippen LogP contribution is -2.16. The molecule has 0 atom stereocenters. The fraction of sp³-hybridized carbons (Fsp3) is 0.294. The smallest absolute Gasteiger partial charge is 0.325 e. The molecule has 0 saturated carbocycles. The molecule has 0 unspecified atom stereocenters. The highest BCUT2D eigenvalue weighted by Gasteiger charge is 2.14. The summed E-state index contributed by atoms with van der Waals surface area (Å²) in [5.74, 6) is -1.22. The third-order valence-electron chi connectivity index (χ3n) is 3.40. The second-order valence-corrected chi connectivity index (χ2v) is 5.44. The normalized spacial score (nSPS) is 10.5. The van der Waals surface area contributed by atoms with Crippen LogP contribution in [-0.4, -0.2) is 28.2 Å². The van der Waals surface area contributed by atoms with Crippen molar-refractivity contribution in [3.63, 3.8) is 0 Å². The van der Waals surface area contributed by atoms with Gasteiger partial charge in [0, 0.05) is 16.4 Å². The Balaban J connectivity index is 2.34. The van der Waals surface area contributed by atoms with Gasteiger partial charge in [-0.05, 0) is 43.2 Å². The molecule has 0 radical (unpaired) electrons. The van der Waals surface area contributed by atoms with E-state index in [1.54, 1.807) is 23.6 Å². The van der Waals surface area contributed by atoms with Crippen molar-refractivity contribution < 1.29 is 19.4 Å². The van der Waals surface area contributed by atoms with Crippen LogP contribution in [0.25, 0.3) is 11.3 Å². The van der Waals surface area contributed by atoms with Crippen LogP contribution in [0.3, 0.4) is 0 Å². The second kappa shape index (κ2) is 7.83. The first kappa shape index (κ1) is 17.1. The lowest BCUT2D eigenvalue weighted by Gasteiger charge is -2.13. The van der Waals surface area contributed by atoms with Crippen molar-refractivity contribution >= 4 is 23.5 Å². The van der Waals surface area contributed by atoms with Crippen LogP contribution in [0.1, 0.15) is 19.0 Å². The fourth-order valence-corrected chi connectivity index (χ4v) is 2.48. The zero-order valence-electron chi connectivity index (χ0n) is 12.8. The summed E-state index contributed by atoms with van der Waals surface area (Å²) in [7, 11) is 0.